The third kappa shape index (κ3) is 2.73. The quantitative estimate of drug-likeness (QED) is 0.834. The van der Waals surface area contributed by atoms with E-state index in [0.29, 0.717) is 5.75 Å². The molecule has 0 aromatic heterocycles. The number of carbonyl (C=O) groups excluding carboxylic acids is 1. The van der Waals surface area contributed by atoms with Gasteiger partial charge in [0.1, 0.15) is 11.0 Å². The highest BCUT2D eigenvalue weighted by atomic mass is 32.2. The van der Waals surface area contributed by atoms with Crippen molar-refractivity contribution in [3.8, 4) is 5.75 Å². The predicted octanol–water partition coefficient (Wildman–Crippen LogP) is 1.26. The fourth-order valence-electron chi connectivity index (χ4n) is 1.97. The van der Waals surface area contributed by atoms with Crippen LogP contribution in [0.15, 0.2) is 30.3 Å². The molecule has 0 bridgehead atoms. The smallest absolute Gasteiger partial charge is 0.273 e. The molecule has 1 aliphatic heterocycles. The summed E-state index contributed by atoms with van der Waals surface area (Å²) in [6, 6.07) is 8.84. The normalized spacial score (nSPS) is 21.0. The predicted molar refractivity (Wildman–Crippen MR) is 71.2 cm³/mol. The Morgan fingerprint density at radius 1 is 1.37 bits per heavy atom. The van der Waals surface area contributed by atoms with Gasteiger partial charge in [-0.25, -0.2) is 12.7 Å². The first kappa shape index (κ1) is 13.9. The molecule has 1 saturated heterocycles. The van der Waals surface area contributed by atoms with E-state index in [4.69, 9.17) is 4.74 Å². The van der Waals surface area contributed by atoms with E-state index in [1.807, 2.05) is 19.9 Å². The van der Waals surface area contributed by atoms with Crippen molar-refractivity contribution in [3.63, 3.8) is 0 Å². The van der Waals surface area contributed by atoms with Crippen molar-refractivity contribution in [2.24, 2.45) is 5.92 Å². The van der Waals surface area contributed by atoms with Crippen molar-refractivity contribution in [2.45, 2.75) is 19.1 Å². The first-order valence-corrected chi connectivity index (χ1v) is 7.65. The second kappa shape index (κ2) is 5.21. The van der Waals surface area contributed by atoms with E-state index in [9.17, 15) is 13.2 Å². The Morgan fingerprint density at radius 3 is 2.53 bits per heavy atom. The lowest BCUT2D eigenvalue weighted by Gasteiger charge is -2.40. The lowest BCUT2D eigenvalue weighted by molar-refractivity contribution is -0.129. The lowest BCUT2D eigenvalue weighted by Crippen LogP contribution is -2.61. The number of nitrogens with zero attached hydrogens (tertiary/aromatic N) is 1. The molecule has 2 rings (SSSR count). The highest BCUT2D eigenvalue weighted by molar-refractivity contribution is 7.91. The molecule has 1 aromatic rings. The number of benzene rings is 1. The third-order valence-corrected chi connectivity index (χ3v) is 5.59. The molecule has 1 fully saturated rings. The van der Waals surface area contributed by atoms with E-state index in [1.165, 1.54) is 0 Å². The zero-order valence-electron chi connectivity index (χ0n) is 10.9. The average molecular weight is 283 g/mol. The molecule has 104 valence electrons. The molecule has 0 radical (unpaired) electrons. The summed E-state index contributed by atoms with van der Waals surface area (Å²) in [5, 5.41) is -0.451. The van der Waals surface area contributed by atoms with E-state index in [-0.39, 0.29) is 19.1 Å². The summed E-state index contributed by atoms with van der Waals surface area (Å²) in [6.07, 6.45) is 0. The van der Waals surface area contributed by atoms with Crippen molar-refractivity contribution >= 4 is 15.9 Å². The minimum Gasteiger partial charge on any atom is -0.484 e. The molecule has 0 N–H and O–H groups in total. The van der Waals surface area contributed by atoms with E-state index in [2.05, 4.69) is 0 Å². The second-order valence-corrected chi connectivity index (χ2v) is 6.93. The van der Waals surface area contributed by atoms with E-state index >= 15 is 0 Å². The number of carbonyl (C=O) groups is 1. The molecule has 5 nitrogen and oxygen atoms in total. The Labute approximate surface area is 113 Å². The maximum Gasteiger partial charge on any atom is 0.273 e. The van der Waals surface area contributed by atoms with Gasteiger partial charge in [0.2, 0.25) is 10.0 Å². The Balaban J connectivity index is 1.93. The van der Waals surface area contributed by atoms with Gasteiger partial charge in [-0.3, -0.25) is 4.79 Å². The third-order valence-electron chi connectivity index (χ3n) is 3.16. The van der Waals surface area contributed by atoms with Gasteiger partial charge < -0.3 is 4.74 Å². The fraction of sp³-hybridized carbons (Fsp3) is 0.462. The zero-order chi connectivity index (χ0) is 14.0. The maximum absolute atomic E-state index is 11.9. The van der Waals surface area contributed by atoms with Crippen LogP contribution in [0.2, 0.25) is 0 Å². The van der Waals surface area contributed by atoms with Crippen molar-refractivity contribution in [1.82, 2.24) is 4.31 Å². The van der Waals surface area contributed by atoms with Crippen LogP contribution in [0.25, 0.3) is 0 Å². The second-order valence-electron chi connectivity index (χ2n) is 4.85. The van der Waals surface area contributed by atoms with Gasteiger partial charge in [-0.05, 0) is 18.1 Å². The summed E-state index contributed by atoms with van der Waals surface area (Å²) in [5.74, 6) is 0.0547. The van der Waals surface area contributed by atoms with Gasteiger partial charge in [0.15, 0.2) is 6.61 Å². The van der Waals surface area contributed by atoms with Crippen LogP contribution in [0.4, 0.5) is 0 Å². The Kier molecular flexibility index (Phi) is 3.80. The van der Waals surface area contributed by atoms with Crippen LogP contribution in [0, 0.1) is 5.92 Å². The van der Waals surface area contributed by atoms with Crippen molar-refractivity contribution in [3.05, 3.63) is 30.3 Å². The summed E-state index contributed by atoms with van der Waals surface area (Å²) in [4.78, 5) is 11.8. The molecule has 0 saturated carbocycles. The standard InChI is InChI=1S/C13H17NO4S/c1-10(2)12-8-14(19(12,16)17)13(15)9-18-11-6-4-3-5-7-11/h3-7,10,12H,8-9H2,1-2H3. The first-order chi connectivity index (χ1) is 8.93. The summed E-state index contributed by atoms with van der Waals surface area (Å²) in [7, 11) is -3.46. The van der Waals surface area contributed by atoms with Crippen molar-refractivity contribution in [1.29, 1.82) is 0 Å². The van der Waals surface area contributed by atoms with Gasteiger partial charge in [-0.2, -0.15) is 0 Å². The maximum atomic E-state index is 11.9. The lowest BCUT2D eigenvalue weighted by atomic mass is 10.1. The zero-order valence-corrected chi connectivity index (χ0v) is 11.8. The minimum absolute atomic E-state index is 0.0177. The Hall–Kier alpha value is -1.56. The molecule has 1 aromatic carbocycles. The highest BCUT2D eigenvalue weighted by Crippen LogP contribution is 2.28. The molecular formula is C13H17NO4S. The van der Waals surface area contributed by atoms with Crippen LogP contribution in [-0.2, 0) is 14.8 Å². The number of hydrogen-bond acceptors (Lipinski definition) is 4. The summed E-state index contributed by atoms with van der Waals surface area (Å²) < 4.78 is 29.9. The number of sulfonamides is 1. The highest BCUT2D eigenvalue weighted by Gasteiger charge is 2.48. The average Bonchev–Trinajstić information content (AvgIpc) is 2.36. The number of amides is 1. The van der Waals surface area contributed by atoms with E-state index < -0.39 is 21.2 Å². The Bertz CT molecular complexity index is 553. The molecule has 1 amide bonds. The molecule has 6 heteroatoms. The van der Waals surface area contributed by atoms with Gasteiger partial charge in [-0.1, -0.05) is 32.0 Å². The number of hydrogen-bond donors (Lipinski definition) is 0. The molecule has 0 aliphatic carbocycles. The van der Waals surface area contributed by atoms with Gasteiger partial charge in [0.05, 0.1) is 6.54 Å². The molecular weight excluding hydrogens is 266 g/mol. The van der Waals surface area contributed by atoms with Gasteiger partial charge in [0.25, 0.3) is 5.91 Å². The van der Waals surface area contributed by atoms with Crippen molar-refractivity contribution < 1.29 is 17.9 Å². The molecule has 1 aliphatic rings. The summed E-state index contributed by atoms with van der Waals surface area (Å²) in [5.41, 5.74) is 0. The van der Waals surface area contributed by atoms with E-state index in [0.717, 1.165) is 4.31 Å². The summed E-state index contributed by atoms with van der Waals surface area (Å²) >= 11 is 0. The van der Waals surface area contributed by atoms with Crippen LogP contribution < -0.4 is 4.74 Å². The minimum atomic E-state index is -3.46. The van der Waals surface area contributed by atoms with Gasteiger partial charge >= 0.3 is 0 Å². The molecule has 0 spiro atoms. The Morgan fingerprint density at radius 2 is 2.00 bits per heavy atom. The molecule has 1 unspecified atom stereocenters. The summed E-state index contributed by atoms with van der Waals surface area (Å²) in [6.45, 7) is 3.68. The number of rotatable bonds is 4. The van der Waals surface area contributed by atoms with Crippen LogP contribution in [0.1, 0.15) is 13.8 Å². The van der Waals surface area contributed by atoms with Crippen LogP contribution in [0.5, 0.6) is 5.75 Å². The molecule has 1 heterocycles. The largest absolute Gasteiger partial charge is 0.484 e. The van der Waals surface area contributed by atoms with Gasteiger partial charge in [-0.15, -0.1) is 0 Å². The number of ether oxygens (including phenoxy) is 1. The topological polar surface area (TPSA) is 63.7 Å². The van der Waals surface area contributed by atoms with Gasteiger partial charge in [0, 0.05) is 0 Å². The van der Waals surface area contributed by atoms with Crippen LogP contribution in [0.3, 0.4) is 0 Å². The molecule has 1 atom stereocenters. The fourth-order valence-corrected chi connectivity index (χ4v) is 3.77. The van der Waals surface area contributed by atoms with Crippen molar-refractivity contribution in [2.75, 3.05) is 13.2 Å². The molecule has 19 heavy (non-hydrogen) atoms. The monoisotopic (exact) mass is 283 g/mol. The first-order valence-electron chi connectivity index (χ1n) is 6.15. The number of para-hydroxylation sites is 1. The van der Waals surface area contributed by atoms with E-state index in [1.54, 1.807) is 24.3 Å². The van der Waals surface area contributed by atoms with Crippen LogP contribution >= 0.6 is 0 Å². The van der Waals surface area contributed by atoms with Crippen LogP contribution in [-0.4, -0.2) is 37.0 Å². The SMILES string of the molecule is CC(C)C1CN(C(=O)COc2ccccc2)S1(=O)=O.